The molecule has 2 aromatic rings. The van der Waals surface area contributed by atoms with Crippen LogP contribution < -0.4 is 10.6 Å². The summed E-state index contributed by atoms with van der Waals surface area (Å²) < 4.78 is 39.7. The van der Waals surface area contributed by atoms with Crippen molar-refractivity contribution in [1.82, 2.24) is 15.3 Å². The van der Waals surface area contributed by atoms with Crippen LogP contribution in [0.2, 0.25) is 10.3 Å². The Morgan fingerprint density at radius 2 is 1.79 bits per heavy atom. The van der Waals surface area contributed by atoms with Crippen LogP contribution in [0.25, 0.3) is 0 Å². The van der Waals surface area contributed by atoms with Crippen molar-refractivity contribution in [2.24, 2.45) is 0 Å². The van der Waals surface area contributed by atoms with Crippen LogP contribution in [0.4, 0.5) is 19.0 Å². The van der Waals surface area contributed by atoms with E-state index in [9.17, 15) is 18.0 Å². The topological polar surface area (TPSA) is 66.9 Å². The molecule has 0 radical (unpaired) electrons. The number of nitrogens with one attached hydrogen (secondary N) is 2. The first kappa shape index (κ1) is 18.3. The highest BCUT2D eigenvalue weighted by molar-refractivity contribution is 6.33. The molecule has 0 atom stereocenters. The minimum Gasteiger partial charge on any atom is -0.369 e. The predicted octanol–water partition coefficient (Wildman–Crippen LogP) is 3.43. The molecule has 0 unspecified atom stereocenters. The summed E-state index contributed by atoms with van der Waals surface area (Å²) >= 11 is 11.5. The number of hydrogen-bond donors (Lipinski definition) is 2. The largest absolute Gasteiger partial charge is 0.369 e. The van der Waals surface area contributed by atoms with Crippen LogP contribution in [-0.4, -0.2) is 29.0 Å². The van der Waals surface area contributed by atoms with Gasteiger partial charge in [0.2, 0.25) is 5.28 Å². The van der Waals surface area contributed by atoms with Crippen LogP contribution in [0.3, 0.4) is 0 Å². The summed E-state index contributed by atoms with van der Waals surface area (Å²) in [6, 6.07) is 0.890. The lowest BCUT2D eigenvalue weighted by Gasteiger charge is -2.09. The lowest BCUT2D eigenvalue weighted by molar-refractivity contribution is 0.0945. The van der Waals surface area contributed by atoms with Gasteiger partial charge in [-0.3, -0.25) is 4.79 Å². The lowest BCUT2D eigenvalue weighted by atomic mass is 10.1. The van der Waals surface area contributed by atoms with E-state index < -0.39 is 28.9 Å². The maximum atomic E-state index is 13.4. The second-order valence-electron chi connectivity index (χ2n) is 4.62. The number of hydrogen-bond acceptors (Lipinski definition) is 4. The number of carbonyl (C=O) groups excluding carboxylic acids is 1. The Labute approximate surface area is 145 Å². The van der Waals surface area contributed by atoms with Crippen molar-refractivity contribution in [3.63, 3.8) is 0 Å². The second-order valence-corrected chi connectivity index (χ2v) is 5.36. The fraction of sp³-hybridized carbons (Fsp3) is 0.214. The quantitative estimate of drug-likeness (QED) is 0.596. The molecule has 0 bridgehead atoms. The third-order valence-corrected chi connectivity index (χ3v) is 3.34. The maximum absolute atomic E-state index is 13.4. The highest BCUT2D eigenvalue weighted by atomic mass is 35.5. The van der Waals surface area contributed by atoms with Crippen molar-refractivity contribution in [2.75, 3.05) is 18.4 Å². The third-order valence-electron chi connectivity index (χ3n) is 2.88. The summed E-state index contributed by atoms with van der Waals surface area (Å²) in [6.45, 7) is 0.486. The van der Waals surface area contributed by atoms with Gasteiger partial charge in [0, 0.05) is 25.2 Å². The molecule has 1 heterocycles. The van der Waals surface area contributed by atoms with E-state index in [0.29, 0.717) is 30.9 Å². The Hall–Kier alpha value is -2.06. The molecule has 2 rings (SSSR count). The minimum atomic E-state index is -1.26. The molecule has 0 aliphatic heterocycles. The monoisotopic (exact) mass is 378 g/mol. The average molecular weight is 379 g/mol. The number of benzene rings is 1. The molecule has 2 N–H and O–H groups in total. The van der Waals surface area contributed by atoms with Crippen molar-refractivity contribution in [2.45, 2.75) is 6.42 Å². The Kier molecular flexibility index (Phi) is 6.22. The van der Waals surface area contributed by atoms with Gasteiger partial charge in [-0.15, -0.1) is 0 Å². The predicted molar refractivity (Wildman–Crippen MR) is 83.8 cm³/mol. The van der Waals surface area contributed by atoms with E-state index in [1.165, 1.54) is 6.20 Å². The van der Waals surface area contributed by atoms with Gasteiger partial charge in [-0.05, 0) is 18.0 Å². The van der Waals surface area contributed by atoms with E-state index in [0.717, 1.165) is 0 Å². The summed E-state index contributed by atoms with van der Waals surface area (Å²) in [6.07, 6.45) is 1.75. The summed E-state index contributed by atoms with van der Waals surface area (Å²) in [5.74, 6) is -4.24. The van der Waals surface area contributed by atoms with Gasteiger partial charge in [0.1, 0.15) is 33.9 Å². The molecule has 5 nitrogen and oxygen atoms in total. The number of anilines is 1. The molecule has 1 aromatic carbocycles. The summed E-state index contributed by atoms with van der Waals surface area (Å²) in [5, 5.41) is 5.52. The molecule has 1 amide bonds. The number of halogens is 5. The van der Waals surface area contributed by atoms with E-state index >= 15 is 0 Å². The van der Waals surface area contributed by atoms with Crippen molar-refractivity contribution >= 4 is 34.9 Å². The van der Waals surface area contributed by atoms with E-state index in [1.54, 1.807) is 0 Å². The smallest absolute Gasteiger partial charge is 0.257 e. The van der Waals surface area contributed by atoms with Crippen molar-refractivity contribution in [3.05, 3.63) is 51.7 Å². The number of aromatic nitrogens is 2. The van der Waals surface area contributed by atoms with E-state index in [-0.39, 0.29) is 16.9 Å². The van der Waals surface area contributed by atoms with Crippen molar-refractivity contribution < 1.29 is 18.0 Å². The van der Waals surface area contributed by atoms with Gasteiger partial charge in [0.25, 0.3) is 5.91 Å². The number of carbonyl (C=O) groups is 1. The van der Waals surface area contributed by atoms with Crippen LogP contribution in [0.15, 0.2) is 18.3 Å². The molecular formula is C14H11Cl2F3N4O. The van der Waals surface area contributed by atoms with Gasteiger partial charge in [-0.25, -0.2) is 18.2 Å². The van der Waals surface area contributed by atoms with Crippen LogP contribution in [0.5, 0.6) is 0 Å². The Morgan fingerprint density at radius 1 is 1.12 bits per heavy atom. The molecule has 0 fully saturated rings. The minimum absolute atomic E-state index is 0.0254. The highest BCUT2D eigenvalue weighted by Gasteiger charge is 2.18. The zero-order chi connectivity index (χ0) is 17.7. The third kappa shape index (κ3) is 4.72. The van der Waals surface area contributed by atoms with Gasteiger partial charge >= 0.3 is 0 Å². The Balaban J connectivity index is 1.82. The zero-order valence-electron chi connectivity index (χ0n) is 12.0. The van der Waals surface area contributed by atoms with Crippen molar-refractivity contribution in [3.8, 4) is 0 Å². The normalized spacial score (nSPS) is 10.5. The molecule has 0 aliphatic rings. The van der Waals surface area contributed by atoms with Crippen LogP contribution >= 0.6 is 23.2 Å². The fourth-order valence-corrected chi connectivity index (χ4v) is 2.11. The number of nitrogens with zero attached hydrogens (tertiary/aromatic N) is 2. The van der Waals surface area contributed by atoms with Crippen LogP contribution in [-0.2, 0) is 0 Å². The first-order valence-electron chi connectivity index (χ1n) is 6.73. The first-order valence-corrected chi connectivity index (χ1v) is 7.48. The molecule has 24 heavy (non-hydrogen) atoms. The molecule has 1 aromatic heterocycles. The second kappa shape index (κ2) is 8.16. The van der Waals surface area contributed by atoms with E-state index in [2.05, 4.69) is 20.6 Å². The average Bonchev–Trinajstić information content (AvgIpc) is 2.49. The first-order chi connectivity index (χ1) is 11.4. The van der Waals surface area contributed by atoms with Gasteiger partial charge < -0.3 is 10.6 Å². The molecule has 10 heteroatoms. The molecule has 0 spiro atoms. The summed E-state index contributed by atoms with van der Waals surface area (Å²) in [7, 11) is 0. The van der Waals surface area contributed by atoms with Crippen LogP contribution in [0, 0.1) is 17.5 Å². The molecule has 0 saturated carbocycles. The van der Waals surface area contributed by atoms with Gasteiger partial charge in [-0.2, -0.15) is 4.98 Å². The maximum Gasteiger partial charge on any atom is 0.257 e. The summed E-state index contributed by atoms with van der Waals surface area (Å²) in [4.78, 5) is 19.3. The Morgan fingerprint density at radius 3 is 2.46 bits per heavy atom. The Bertz CT molecular complexity index is 738. The molecule has 0 aliphatic carbocycles. The summed E-state index contributed by atoms with van der Waals surface area (Å²) in [5.41, 5.74) is -0.824. The molecular weight excluding hydrogens is 368 g/mol. The highest BCUT2D eigenvalue weighted by Crippen LogP contribution is 2.19. The fourth-order valence-electron chi connectivity index (χ4n) is 1.81. The molecule has 0 saturated heterocycles. The van der Waals surface area contributed by atoms with E-state index in [1.807, 2.05) is 0 Å². The van der Waals surface area contributed by atoms with Gasteiger partial charge in [0.15, 0.2) is 0 Å². The van der Waals surface area contributed by atoms with E-state index in [4.69, 9.17) is 23.2 Å². The van der Waals surface area contributed by atoms with Gasteiger partial charge in [0.05, 0.1) is 6.20 Å². The SMILES string of the molecule is O=C(NCCCNc1nc(Cl)ncc1Cl)c1c(F)cc(F)cc1F. The standard InChI is InChI=1S/C14H11Cl2F3N4O/c15-8-6-22-14(16)23-12(8)20-2-1-3-21-13(24)11-9(18)4-7(17)5-10(11)19/h4-6H,1-3H2,(H,21,24)(H,20,22,23). The van der Waals surface area contributed by atoms with Crippen LogP contribution in [0.1, 0.15) is 16.8 Å². The zero-order valence-corrected chi connectivity index (χ0v) is 13.6. The molecule has 128 valence electrons. The lowest BCUT2D eigenvalue weighted by Crippen LogP contribution is -2.27. The number of amides is 1. The number of rotatable bonds is 6. The van der Waals surface area contributed by atoms with Gasteiger partial charge in [-0.1, -0.05) is 11.6 Å². The van der Waals surface area contributed by atoms with Crippen molar-refractivity contribution in [1.29, 1.82) is 0 Å².